The fraction of sp³-hybridized carbons (Fsp3) is 0.613. The van der Waals surface area contributed by atoms with E-state index < -0.39 is 24.3 Å². The van der Waals surface area contributed by atoms with Crippen molar-refractivity contribution in [1.29, 1.82) is 0 Å². The van der Waals surface area contributed by atoms with Gasteiger partial charge in [0.05, 0.1) is 40.3 Å². The molecule has 0 aromatic carbocycles. The van der Waals surface area contributed by atoms with Crippen LogP contribution in [0.5, 0.6) is 0 Å². The number of esters is 2. The number of ether oxygens (including phenoxy) is 4. The Hall–Kier alpha value is -5.35. The van der Waals surface area contributed by atoms with E-state index in [1.807, 2.05) is 21.1 Å². The number of carbonyl (C=O) groups is 3. The normalized spacial score (nSPS) is 13.8. The minimum absolute atomic E-state index is 0.132. The number of likely N-dealkylation sites (N-methyl/N-ethyl adjacent to an activating group) is 1. The van der Waals surface area contributed by atoms with E-state index in [-0.39, 0.29) is 38.6 Å². The molecule has 0 saturated carbocycles. The van der Waals surface area contributed by atoms with Gasteiger partial charge in [-0.15, -0.1) is 0 Å². The van der Waals surface area contributed by atoms with Gasteiger partial charge in [-0.05, 0) is 128 Å². The monoisotopic (exact) mass is 1230 g/mol. The highest BCUT2D eigenvalue weighted by atomic mass is 16.7. The summed E-state index contributed by atoms with van der Waals surface area (Å²) in [5.41, 5.74) is 0. The molecule has 0 aromatic rings. The lowest BCUT2D eigenvalue weighted by Crippen LogP contribution is -2.44. The third-order valence-electron chi connectivity index (χ3n) is 14.5. The Morgan fingerprint density at radius 2 is 0.607 bits per heavy atom. The molecule has 0 N–H and O–H groups in total. The third kappa shape index (κ3) is 70.0. The second kappa shape index (κ2) is 68.6. The summed E-state index contributed by atoms with van der Waals surface area (Å²) in [5, 5.41) is 11.8. The van der Waals surface area contributed by atoms with E-state index in [1.54, 1.807) is 0 Å². The summed E-state index contributed by atoms with van der Waals surface area (Å²) >= 11 is 0. The number of carboxylic acids is 1. The van der Waals surface area contributed by atoms with Crippen LogP contribution in [-0.2, 0) is 33.3 Å². The highest BCUT2D eigenvalue weighted by molar-refractivity contribution is 5.70. The number of carboxylic acid groups (broad SMARTS) is 1. The fourth-order valence-corrected chi connectivity index (χ4v) is 9.14. The molecule has 0 bridgehead atoms. The first-order valence-corrected chi connectivity index (χ1v) is 35.3. The second-order valence-electron chi connectivity index (χ2n) is 24.1. The summed E-state index contributed by atoms with van der Waals surface area (Å²) in [4.78, 5) is 37.5. The highest BCUT2D eigenvalue weighted by Crippen LogP contribution is 2.16. The molecule has 0 fully saturated rings. The Labute approximate surface area is 546 Å². The van der Waals surface area contributed by atoms with Gasteiger partial charge in [0.15, 0.2) is 12.4 Å². The van der Waals surface area contributed by atoms with E-state index in [0.717, 1.165) is 128 Å². The maximum absolute atomic E-state index is 12.9. The third-order valence-corrected chi connectivity index (χ3v) is 14.5. The van der Waals surface area contributed by atoms with Crippen LogP contribution in [0.4, 0.5) is 0 Å². The Balaban J connectivity index is 4.22. The molecule has 0 aliphatic rings. The van der Waals surface area contributed by atoms with Gasteiger partial charge >= 0.3 is 11.9 Å². The van der Waals surface area contributed by atoms with Crippen LogP contribution in [-0.4, -0.2) is 82.3 Å². The van der Waals surface area contributed by atoms with E-state index in [9.17, 15) is 19.5 Å². The smallest absolute Gasteiger partial charge is 0.306 e. The topological polar surface area (TPSA) is 111 Å². The van der Waals surface area contributed by atoms with E-state index in [0.29, 0.717) is 17.4 Å². The molecule has 0 rings (SSSR count). The summed E-state index contributed by atoms with van der Waals surface area (Å²) in [7, 11) is 5.91. The van der Waals surface area contributed by atoms with Crippen LogP contribution >= 0.6 is 0 Å². The van der Waals surface area contributed by atoms with Gasteiger partial charge in [-0.25, -0.2) is 0 Å². The first kappa shape index (κ1) is 83.7. The van der Waals surface area contributed by atoms with E-state index in [4.69, 9.17) is 18.9 Å². The number of hydrogen-bond donors (Lipinski definition) is 0. The van der Waals surface area contributed by atoms with Crippen molar-refractivity contribution in [2.45, 2.75) is 270 Å². The Morgan fingerprint density at radius 1 is 0.337 bits per heavy atom. The van der Waals surface area contributed by atoms with Crippen molar-refractivity contribution >= 4 is 17.9 Å². The first-order chi connectivity index (χ1) is 43.6. The number of aliphatic carboxylic acids is 1. The molecule has 2 atom stereocenters. The number of rotatable bonds is 63. The number of unbranched alkanes of at least 4 members (excludes halogenated alkanes) is 20. The van der Waals surface area contributed by atoms with Gasteiger partial charge in [0, 0.05) is 12.8 Å². The molecule has 0 saturated heterocycles. The number of quaternary nitrogens is 1. The van der Waals surface area contributed by atoms with Gasteiger partial charge in [-0.1, -0.05) is 287 Å². The average Bonchev–Trinajstić information content (AvgIpc) is 3.64. The Bertz CT molecular complexity index is 2070. The lowest BCUT2D eigenvalue weighted by atomic mass is 10.0. The zero-order chi connectivity index (χ0) is 64.7. The van der Waals surface area contributed by atoms with Crippen molar-refractivity contribution in [2.75, 3.05) is 47.5 Å². The van der Waals surface area contributed by atoms with Crippen LogP contribution in [0.3, 0.4) is 0 Å². The molecule has 0 aromatic heterocycles. The Kier molecular flexibility index (Phi) is 64.4. The van der Waals surface area contributed by atoms with Crippen LogP contribution in [0, 0.1) is 0 Å². The van der Waals surface area contributed by atoms with Crippen molar-refractivity contribution in [3.8, 4) is 0 Å². The number of hydrogen-bond acceptors (Lipinski definition) is 8. The largest absolute Gasteiger partial charge is 0.545 e. The molecule has 0 heterocycles. The van der Waals surface area contributed by atoms with Crippen LogP contribution in [0.25, 0.3) is 0 Å². The standard InChI is InChI=1S/C80H129NO8/c1-6-8-10-12-14-16-18-20-22-24-26-28-30-32-34-36-38-39-41-42-44-46-48-50-52-54-56-58-60-62-64-66-68-70-77(82)87-74-76(75-88-80(79(84)85)86-73-72-81(3,4)5)89-78(83)71-69-67-65-63-61-59-57-55-53-51-49-47-45-43-40-37-35-33-31-29-27-25-23-21-19-17-15-13-11-9-7-2/h8-11,14-17,20-23,26-29,32-35,40,43,47,49,53,55,59,61,76,80H,6-7,12-13,18-19,24-25,30-31,36-39,41-42,44-46,48,50-52,54,56-58,60,62-75H2,1-5H3/b10-8-,11-9-,16-14-,17-15-,22-20-,23-21-,28-26-,29-27-,34-32-,35-33-,43-40-,49-47-,55-53-,61-59-. The van der Waals surface area contributed by atoms with Crippen molar-refractivity contribution < 1.29 is 42.9 Å². The molecule has 0 spiro atoms. The van der Waals surface area contributed by atoms with Crippen molar-refractivity contribution in [2.24, 2.45) is 0 Å². The lowest BCUT2D eigenvalue weighted by Gasteiger charge is -2.26. The van der Waals surface area contributed by atoms with Crippen LogP contribution in [0.15, 0.2) is 170 Å². The minimum atomic E-state index is -1.64. The summed E-state index contributed by atoms with van der Waals surface area (Å²) in [6.07, 6.45) is 100. The van der Waals surface area contributed by atoms with Gasteiger partial charge in [0.2, 0.25) is 0 Å². The molecule has 9 nitrogen and oxygen atoms in total. The average molecular weight is 1230 g/mol. The summed E-state index contributed by atoms with van der Waals surface area (Å²) in [6.45, 7) is 4.47. The molecule has 0 aliphatic heterocycles. The fourth-order valence-electron chi connectivity index (χ4n) is 9.14. The molecular formula is C80H129NO8. The van der Waals surface area contributed by atoms with E-state index in [2.05, 4.69) is 184 Å². The Morgan fingerprint density at radius 3 is 0.910 bits per heavy atom. The highest BCUT2D eigenvalue weighted by Gasteiger charge is 2.22. The minimum Gasteiger partial charge on any atom is -0.545 e. The quantitative estimate of drug-likeness (QED) is 0.0195. The van der Waals surface area contributed by atoms with Crippen molar-refractivity contribution in [3.63, 3.8) is 0 Å². The number of carbonyl (C=O) groups excluding carboxylic acids is 3. The summed E-state index contributed by atoms with van der Waals surface area (Å²) < 4.78 is 22.7. The predicted molar refractivity (Wildman–Crippen MR) is 379 cm³/mol. The maximum Gasteiger partial charge on any atom is 0.306 e. The zero-order valence-corrected chi connectivity index (χ0v) is 57.2. The number of nitrogens with zero attached hydrogens (tertiary/aromatic N) is 1. The molecule has 0 radical (unpaired) electrons. The SMILES string of the molecule is CC/C=C\C/C=C\C/C=C\C/C=C\C/C=C\C/C=C\C/C=C\C/C=C\C/C=C\CCCCCC(=O)OC(COC(=O)CCCCCCCCCCCCCCCCCCC/C=C\C/C=C\C/C=C\C/C=C\C/C=C\CC)COC(OCC[N+](C)(C)C)C(=O)[O-]. The molecule has 502 valence electrons. The van der Waals surface area contributed by atoms with Crippen LogP contribution in [0.1, 0.15) is 258 Å². The van der Waals surface area contributed by atoms with Crippen molar-refractivity contribution in [3.05, 3.63) is 170 Å². The lowest BCUT2D eigenvalue weighted by molar-refractivity contribution is -0.870. The summed E-state index contributed by atoms with van der Waals surface area (Å²) in [6, 6.07) is 0. The first-order valence-electron chi connectivity index (χ1n) is 35.3. The van der Waals surface area contributed by atoms with E-state index in [1.165, 1.54) is 96.3 Å². The van der Waals surface area contributed by atoms with Gasteiger partial charge in [-0.3, -0.25) is 9.59 Å². The van der Waals surface area contributed by atoms with E-state index >= 15 is 0 Å². The maximum atomic E-state index is 12.9. The molecular weight excluding hydrogens is 1100 g/mol. The molecule has 0 amide bonds. The van der Waals surface area contributed by atoms with Gasteiger partial charge < -0.3 is 33.3 Å². The molecule has 9 heteroatoms. The van der Waals surface area contributed by atoms with Gasteiger partial charge in [-0.2, -0.15) is 0 Å². The van der Waals surface area contributed by atoms with Crippen LogP contribution in [0.2, 0.25) is 0 Å². The predicted octanol–water partition coefficient (Wildman–Crippen LogP) is 20.9. The van der Waals surface area contributed by atoms with Gasteiger partial charge in [0.25, 0.3) is 0 Å². The molecule has 0 aliphatic carbocycles. The van der Waals surface area contributed by atoms with Gasteiger partial charge in [0.1, 0.15) is 13.2 Å². The van der Waals surface area contributed by atoms with Crippen LogP contribution < -0.4 is 5.11 Å². The summed E-state index contributed by atoms with van der Waals surface area (Å²) in [5.74, 6) is -2.34. The number of allylic oxidation sites excluding steroid dienone is 28. The second-order valence-corrected chi connectivity index (χ2v) is 24.1. The van der Waals surface area contributed by atoms with Crippen molar-refractivity contribution in [1.82, 2.24) is 0 Å². The zero-order valence-electron chi connectivity index (χ0n) is 57.2. The molecule has 2 unspecified atom stereocenters. The molecule has 89 heavy (non-hydrogen) atoms.